The Morgan fingerprint density at radius 1 is 0.373 bits per heavy atom. The molecule has 10 nitrogen and oxygen atoms in total. The first kappa shape index (κ1) is 64.7. The van der Waals surface area contributed by atoms with Crippen LogP contribution in [0.4, 0.5) is 0 Å². The number of carbonyl (C=O) groups is 3. The Bertz CT molecular complexity index is 1160. The molecule has 5 atom stereocenters. The van der Waals surface area contributed by atoms with E-state index in [0.717, 1.165) is 148 Å². The SMILES string of the molecule is CCCCCCCCC(O)C(O)CCCCCCCC(=O)OCC(COC(=O)CCCCCCC/C=C\C[C@H](O)CCCCCC)OC(=O)CCCCCCC/C=C\C[C@H](O)CCCCCC. The molecule has 0 fully saturated rings. The lowest BCUT2D eigenvalue weighted by molar-refractivity contribution is -0.167. The number of rotatable bonds is 51. The number of unbranched alkanes of at least 4 members (excludes halogenated alkanes) is 25. The van der Waals surface area contributed by atoms with E-state index in [1.807, 2.05) is 0 Å². The fourth-order valence-corrected chi connectivity index (χ4v) is 8.26. The molecule has 0 radical (unpaired) electrons. The van der Waals surface area contributed by atoms with Crippen molar-refractivity contribution in [1.29, 1.82) is 0 Å². The standard InChI is InChI=1S/C57H106O10/c1-4-7-10-13-25-34-43-53(60)54(61)44-35-26-22-29-37-46-56(63)66-49-52(67-57(64)47-38-28-21-17-15-19-24-33-42-51(59)40-31-12-9-6-3)48-65-55(62)45-36-27-20-16-14-18-23-32-41-50(58)39-30-11-8-5-2/h23-24,32-33,50-54,58-61H,4-22,25-31,34-49H2,1-3H3/b32-23-,33-24-/t50-,51-,52?,53?,54?/m1/s1. The van der Waals surface area contributed by atoms with Gasteiger partial charge in [0.05, 0.1) is 24.4 Å². The molecule has 0 aromatic carbocycles. The van der Waals surface area contributed by atoms with Crippen LogP contribution in [0.15, 0.2) is 24.3 Å². The third kappa shape index (κ3) is 47.2. The summed E-state index contributed by atoms with van der Waals surface area (Å²) in [5.41, 5.74) is 0. The molecule has 394 valence electrons. The highest BCUT2D eigenvalue weighted by atomic mass is 16.6. The lowest BCUT2D eigenvalue weighted by Crippen LogP contribution is -2.30. The molecule has 67 heavy (non-hydrogen) atoms. The molecule has 0 bridgehead atoms. The van der Waals surface area contributed by atoms with Crippen LogP contribution in [0.3, 0.4) is 0 Å². The van der Waals surface area contributed by atoms with Gasteiger partial charge in [-0.25, -0.2) is 0 Å². The summed E-state index contributed by atoms with van der Waals surface area (Å²) in [7, 11) is 0. The first-order valence-electron chi connectivity index (χ1n) is 28.2. The zero-order valence-corrected chi connectivity index (χ0v) is 43.6. The number of hydrogen-bond donors (Lipinski definition) is 4. The normalized spacial score (nSPS) is 14.1. The van der Waals surface area contributed by atoms with Gasteiger partial charge < -0.3 is 34.6 Å². The Kier molecular flexibility index (Phi) is 48.4. The van der Waals surface area contributed by atoms with Crippen molar-refractivity contribution in [2.75, 3.05) is 13.2 Å². The molecule has 0 saturated carbocycles. The molecule has 0 amide bonds. The van der Waals surface area contributed by atoms with E-state index in [-0.39, 0.29) is 62.6 Å². The highest BCUT2D eigenvalue weighted by Gasteiger charge is 2.20. The zero-order valence-electron chi connectivity index (χ0n) is 43.6. The molecule has 0 aliphatic rings. The summed E-state index contributed by atoms with van der Waals surface area (Å²) in [5, 5.41) is 40.9. The molecule has 0 aromatic heterocycles. The van der Waals surface area contributed by atoms with Gasteiger partial charge in [-0.05, 0) is 83.5 Å². The van der Waals surface area contributed by atoms with Crippen molar-refractivity contribution < 1.29 is 49.0 Å². The van der Waals surface area contributed by atoms with Crippen molar-refractivity contribution in [3.63, 3.8) is 0 Å². The molecule has 0 aliphatic carbocycles. The van der Waals surface area contributed by atoms with Crippen LogP contribution in [0.1, 0.15) is 278 Å². The molecule has 0 rings (SSSR count). The highest BCUT2D eigenvalue weighted by Crippen LogP contribution is 2.17. The molecule has 4 N–H and O–H groups in total. The van der Waals surface area contributed by atoms with Gasteiger partial charge >= 0.3 is 17.9 Å². The van der Waals surface area contributed by atoms with Gasteiger partial charge in [-0.2, -0.15) is 0 Å². The summed E-state index contributed by atoms with van der Waals surface area (Å²) < 4.78 is 16.7. The number of aliphatic hydroxyl groups excluding tert-OH is 4. The van der Waals surface area contributed by atoms with Gasteiger partial charge in [0.15, 0.2) is 6.10 Å². The van der Waals surface area contributed by atoms with Crippen LogP contribution in [0.5, 0.6) is 0 Å². The summed E-state index contributed by atoms with van der Waals surface area (Å²) in [6.07, 6.45) is 43.3. The minimum atomic E-state index is -0.861. The second kappa shape index (κ2) is 50.1. The predicted octanol–water partition coefficient (Wildman–Crippen LogP) is 14.2. The Morgan fingerprint density at radius 2 is 0.687 bits per heavy atom. The van der Waals surface area contributed by atoms with Crippen LogP contribution in [0, 0.1) is 0 Å². The van der Waals surface area contributed by atoms with E-state index in [0.29, 0.717) is 25.7 Å². The van der Waals surface area contributed by atoms with E-state index in [4.69, 9.17) is 14.2 Å². The van der Waals surface area contributed by atoms with Gasteiger partial charge in [0.2, 0.25) is 0 Å². The van der Waals surface area contributed by atoms with E-state index in [9.17, 15) is 34.8 Å². The van der Waals surface area contributed by atoms with Crippen molar-refractivity contribution >= 4 is 17.9 Å². The van der Waals surface area contributed by atoms with Gasteiger partial charge in [-0.1, -0.05) is 199 Å². The fourth-order valence-electron chi connectivity index (χ4n) is 8.26. The molecule has 10 heteroatoms. The summed E-state index contributed by atoms with van der Waals surface area (Å²) in [5.74, 6) is -1.11. The number of allylic oxidation sites excluding steroid dienone is 2. The first-order valence-corrected chi connectivity index (χ1v) is 28.2. The second-order valence-electron chi connectivity index (χ2n) is 19.5. The van der Waals surface area contributed by atoms with Crippen molar-refractivity contribution in [2.45, 2.75) is 308 Å². The summed E-state index contributed by atoms with van der Waals surface area (Å²) >= 11 is 0. The molecule has 0 aliphatic heterocycles. The van der Waals surface area contributed by atoms with Crippen molar-refractivity contribution in [3.8, 4) is 0 Å². The van der Waals surface area contributed by atoms with Gasteiger partial charge in [0.25, 0.3) is 0 Å². The zero-order chi connectivity index (χ0) is 49.3. The fraction of sp³-hybridized carbons (Fsp3) is 0.877. The maximum absolute atomic E-state index is 12.8. The average Bonchev–Trinajstić information content (AvgIpc) is 3.31. The third-order valence-corrected chi connectivity index (χ3v) is 12.8. The predicted molar refractivity (Wildman–Crippen MR) is 276 cm³/mol. The Balaban J connectivity index is 4.55. The van der Waals surface area contributed by atoms with Gasteiger partial charge in [-0.3, -0.25) is 14.4 Å². The Labute approximate surface area is 411 Å². The van der Waals surface area contributed by atoms with Crippen LogP contribution in [-0.4, -0.2) is 82.1 Å². The van der Waals surface area contributed by atoms with Gasteiger partial charge in [0.1, 0.15) is 13.2 Å². The molecule has 3 unspecified atom stereocenters. The maximum atomic E-state index is 12.8. The number of ether oxygens (including phenoxy) is 3. The Morgan fingerprint density at radius 3 is 1.09 bits per heavy atom. The van der Waals surface area contributed by atoms with Crippen LogP contribution in [0.25, 0.3) is 0 Å². The average molecular weight is 951 g/mol. The molecule has 0 aromatic rings. The van der Waals surface area contributed by atoms with Gasteiger partial charge in [-0.15, -0.1) is 0 Å². The number of esters is 3. The molecular formula is C57H106O10. The van der Waals surface area contributed by atoms with Gasteiger partial charge in [0, 0.05) is 19.3 Å². The molecule has 0 saturated heterocycles. The summed E-state index contributed by atoms with van der Waals surface area (Å²) in [4.78, 5) is 38.1. The van der Waals surface area contributed by atoms with Crippen molar-refractivity contribution in [3.05, 3.63) is 24.3 Å². The quantitative estimate of drug-likeness (QED) is 0.0200. The van der Waals surface area contributed by atoms with Crippen molar-refractivity contribution in [2.24, 2.45) is 0 Å². The second-order valence-corrected chi connectivity index (χ2v) is 19.5. The topological polar surface area (TPSA) is 160 Å². The molecule has 0 spiro atoms. The lowest BCUT2D eigenvalue weighted by atomic mass is 9.99. The summed E-state index contributed by atoms with van der Waals surface area (Å²) in [6, 6.07) is 0. The van der Waals surface area contributed by atoms with Crippen LogP contribution >= 0.6 is 0 Å². The van der Waals surface area contributed by atoms with Crippen molar-refractivity contribution in [1.82, 2.24) is 0 Å². The number of carbonyl (C=O) groups excluding carboxylic acids is 3. The number of aliphatic hydroxyl groups is 4. The van der Waals surface area contributed by atoms with E-state index in [2.05, 4.69) is 45.1 Å². The monoisotopic (exact) mass is 951 g/mol. The minimum absolute atomic E-state index is 0.152. The van der Waals surface area contributed by atoms with Crippen LogP contribution < -0.4 is 0 Å². The van der Waals surface area contributed by atoms with E-state index < -0.39 is 18.3 Å². The largest absolute Gasteiger partial charge is 0.462 e. The molecular weight excluding hydrogens is 845 g/mol. The summed E-state index contributed by atoms with van der Waals surface area (Å²) in [6.45, 7) is 6.28. The van der Waals surface area contributed by atoms with E-state index in [1.54, 1.807) is 0 Å². The first-order chi connectivity index (χ1) is 32.6. The van der Waals surface area contributed by atoms with E-state index >= 15 is 0 Å². The Hall–Kier alpha value is -2.27. The van der Waals surface area contributed by atoms with Crippen LogP contribution in [0.2, 0.25) is 0 Å². The third-order valence-electron chi connectivity index (χ3n) is 12.8. The smallest absolute Gasteiger partial charge is 0.306 e. The van der Waals surface area contributed by atoms with E-state index in [1.165, 1.54) is 64.2 Å². The maximum Gasteiger partial charge on any atom is 0.306 e. The lowest BCUT2D eigenvalue weighted by Gasteiger charge is -2.18. The molecule has 0 heterocycles. The van der Waals surface area contributed by atoms with Crippen LogP contribution in [-0.2, 0) is 28.6 Å². The number of hydrogen-bond acceptors (Lipinski definition) is 10. The highest BCUT2D eigenvalue weighted by molar-refractivity contribution is 5.71. The minimum Gasteiger partial charge on any atom is -0.462 e.